The first-order chi connectivity index (χ1) is 4.45. The van der Waals surface area contributed by atoms with Gasteiger partial charge in [0, 0.05) is 0 Å². The van der Waals surface area contributed by atoms with Crippen LogP contribution >= 0.6 is 0 Å². The standard InChI is InChI=1S/C4H6N2O4/c1-3-4(2,5(7)8)6(9)10/h2H,3H2,1H3. The molecule has 10 heavy (non-hydrogen) atoms. The highest BCUT2D eigenvalue weighted by Gasteiger charge is 2.48. The van der Waals surface area contributed by atoms with Crippen molar-refractivity contribution in [3.63, 3.8) is 0 Å². The van der Waals surface area contributed by atoms with Crippen molar-refractivity contribution in [1.29, 1.82) is 0 Å². The van der Waals surface area contributed by atoms with Gasteiger partial charge in [0.25, 0.3) is 0 Å². The van der Waals surface area contributed by atoms with Gasteiger partial charge in [0.05, 0.1) is 16.3 Å². The summed E-state index contributed by atoms with van der Waals surface area (Å²) >= 11 is 0. The summed E-state index contributed by atoms with van der Waals surface area (Å²) in [6.07, 6.45) is -0.326. The Hall–Kier alpha value is -1.20. The molecule has 0 rings (SSSR count). The fourth-order valence-electron chi connectivity index (χ4n) is 0.325. The molecule has 0 fully saturated rings. The zero-order valence-electron chi connectivity index (χ0n) is 5.31. The topological polar surface area (TPSA) is 86.3 Å². The molecule has 0 aromatic rings. The maximum Gasteiger partial charge on any atom is 0.462 e. The Morgan fingerprint density at radius 2 is 1.70 bits per heavy atom. The molecule has 6 heteroatoms. The molecule has 0 bridgehead atoms. The van der Waals surface area contributed by atoms with Crippen LogP contribution in [-0.4, -0.2) is 15.5 Å². The Bertz CT molecular complexity index is 153. The number of hydrogen-bond donors (Lipinski definition) is 0. The summed E-state index contributed by atoms with van der Waals surface area (Å²) in [5, 5.41) is 19.9. The van der Waals surface area contributed by atoms with Crippen molar-refractivity contribution in [1.82, 2.24) is 0 Å². The second kappa shape index (κ2) is 2.59. The lowest BCUT2D eigenvalue weighted by molar-refractivity contribution is -0.782. The van der Waals surface area contributed by atoms with E-state index in [4.69, 9.17) is 6.92 Å². The summed E-state index contributed by atoms with van der Waals surface area (Å²) in [7, 11) is 0. The highest BCUT2D eigenvalue weighted by molar-refractivity contribution is 4.66. The first kappa shape index (κ1) is 8.80. The molecule has 0 unspecified atom stereocenters. The summed E-state index contributed by atoms with van der Waals surface area (Å²) < 4.78 is 0. The minimum absolute atomic E-state index is 0.326. The fraction of sp³-hybridized carbons (Fsp3) is 0.750. The van der Waals surface area contributed by atoms with Gasteiger partial charge in [0.1, 0.15) is 6.92 Å². The van der Waals surface area contributed by atoms with Crippen LogP contribution in [0.1, 0.15) is 13.3 Å². The Kier molecular flexibility index (Phi) is 2.28. The highest BCUT2D eigenvalue weighted by atomic mass is 16.7. The predicted octanol–water partition coefficient (Wildman–Crippen LogP) is 0.357. The second-order valence-corrected chi connectivity index (χ2v) is 1.75. The molecule has 0 atom stereocenters. The van der Waals surface area contributed by atoms with Crippen LogP contribution in [0.2, 0.25) is 0 Å². The van der Waals surface area contributed by atoms with Gasteiger partial charge < -0.3 is 0 Å². The highest BCUT2D eigenvalue weighted by Crippen LogP contribution is 2.12. The molecule has 0 N–H and O–H groups in total. The molecule has 2 radical (unpaired) electrons. The smallest absolute Gasteiger partial charge is 0.258 e. The van der Waals surface area contributed by atoms with Crippen LogP contribution < -0.4 is 0 Å². The second-order valence-electron chi connectivity index (χ2n) is 1.75. The van der Waals surface area contributed by atoms with Gasteiger partial charge in [-0.2, -0.15) is 0 Å². The van der Waals surface area contributed by atoms with Gasteiger partial charge in [0.2, 0.25) is 0 Å². The molecule has 0 aliphatic carbocycles. The van der Waals surface area contributed by atoms with Gasteiger partial charge in [-0.25, -0.2) is 0 Å². The molecule has 0 aliphatic heterocycles. The van der Waals surface area contributed by atoms with Crippen molar-refractivity contribution in [2.24, 2.45) is 0 Å². The lowest BCUT2D eigenvalue weighted by Gasteiger charge is -2.07. The molecule has 0 heterocycles. The lowest BCUT2D eigenvalue weighted by atomic mass is 10.2. The lowest BCUT2D eigenvalue weighted by Crippen LogP contribution is -2.42. The van der Waals surface area contributed by atoms with Crippen LogP contribution in [0.4, 0.5) is 0 Å². The molecule has 0 amide bonds. The van der Waals surface area contributed by atoms with E-state index in [1.165, 1.54) is 6.92 Å². The van der Waals surface area contributed by atoms with Crippen molar-refractivity contribution in [2.45, 2.75) is 19.0 Å². The van der Waals surface area contributed by atoms with E-state index < -0.39 is 15.5 Å². The normalized spacial score (nSPS) is 11.0. The van der Waals surface area contributed by atoms with Crippen molar-refractivity contribution in [3.05, 3.63) is 27.2 Å². The average molecular weight is 146 g/mol. The van der Waals surface area contributed by atoms with Gasteiger partial charge in [-0.1, -0.05) is 6.92 Å². The molecule has 56 valence electrons. The Morgan fingerprint density at radius 3 is 1.70 bits per heavy atom. The SMILES string of the molecule is [CH]C(CC)([N+](=O)[O-])[N+](=O)[O-]. The van der Waals surface area contributed by atoms with E-state index >= 15 is 0 Å². The number of nitrogens with zero attached hydrogens (tertiary/aromatic N) is 2. The molecule has 6 nitrogen and oxygen atoms in total. The molecule has 0 aromatic heterocycles. The van der Waals surface area contributed by atoms with Crippen molar-refractivity contribution in [3.8, 4) is 0 Å². The fourth-order valence-corrected chi connectivity index (χ4v) is 0.325. The van der Waals surface area contributed by atoms with Crippen LogP contribution in [0, 0.1) is 27.2 Å². The van der Waals surface area contributed by atoms with Gasteiger partial charge in [0.15, 0.2) is 0 Å². The monoisotopic (exact) mass is 146 g/mol. The van der Waals surface area contributed by atoms with Gasteiger partial charge in [-0.3, -0.25) is 20.2 Å². The van der Waals surface area contributed by atoms with Crippen molar-refractivity contribution < 1.29 is 9.85 Å². The largest absolute Gasteiger partial charge is 0.462 e. The first-order valence-electron chi connectivity index (χ1n) is 2.53. The molecular formula is C4H6N2O4. The predicted molar refractivity (Wildman–Crippen MR) is 31.3 cm³/mol. The Labute approximate surface area is 57.1 Å². The van der Waals surface area contributed by atoms with E-state index in [9.17, 15) is 20.2 Å². The van der Waals surface area contributed by atoms with Crippen LogP contribution in [-0.2, 0) is 0 Å². The summed E-state index contributed by atoms with van der Waals surface area (Å²) in [5.74, 6) is 0. The van der Waals surface area contributed by atoms with Crippen molar-refractivity contribution >= 4 is 0 Å². The number of hydrogen-bond acceptors (Lipinski definition) is 4. The van der Waals surface area contributed by atoms with Crippen LogP contribution in [0.5, 0.6) is 0 Å². The number of rotatable bonds is 3. The van der Waals surface area contributed by atoms with E-state index in [-0.39, 0.29) is 6.42 Å². The maximum absolute atomic E-state index is 9.93. The van der Waals surface area contributed by atoms with E-state index in [0.29, 0.717) is 0 Å². The third kappa shape index (κ3) is 1.20. The van der Waals surface area contributed by atoms with Crippen LogP contribution in [0.3, 0.4) is 0 Å². The first-order valence-corrected chi connectivity index (χ1v) is 2.53. The summed E-state index contributed by atoms with van der Waals surface area (Å²) in [6, 6.07) is 0. The summed E-state index contributed by atoms with van der Waals surface area (Å²) in [5.41, 5.74) is -2.51. The minimum atomic E-state index is -2.51. The van der Waals surface area contributed by atoms with Crippen LogP contribution in [0.25, 0.3) is 0 Å². The Morgan fingerprint density at radius 1 is 1.40 bits per heavy atom. The number of nitro groups is 2. The van der Waals surface area contributed by atoms with Gasteiger partial charge >= 0.3 is 5.66 Å². The average Bonchev–Trinajstić information content (AvgIpc) is 1.85. The quantitative estimate of drug-likeness (QED) is 0.326. The van der Waals surface area contributed by atoms with E-state index in [1.807, 2.05) is 0 Å². The molecule has 0 saturated heterocycles. The van der Waals surface area contributed by atoms with E-state index in [0.717, 1.165) is 0 Å². The maximum atomic E-state index is 9.93. The van der Waals surface area contributed by atoms with Gasteiger partial charge in [-0.15, -0.1) is 0 Å². The Balaban J connectivity index is 4.55. The summed E-state index contributed by atoms with van der Waals surface area (Å²) in [4.78, 5) is 17.7. The van der Waals surface area contributed by atoms with Crippen molar-refractivity contribution in [2.75, 3.05) is 0 Å². The third-order valence-corrected chi connectivity index (χ3v) is 1.15. The molecule has 0 saturated carbocycles. The zero-order valence-corrected chi connectivity index (χ0v) is 5.31. The molecule has 0 aliphatic rings. The van der Waals surface area contributed by atoms with E-state index in [2.05, 4.69) is 0 Å². The molecule has 0 spiro atoms. The molecular weight excluding hydrogens is 140 g/mol. The zero-order chi connectivity index (χ0) is 8.36. The summed E-state index contributed by atoms with van der Waals surface area (Å²) in [6.45, 7) is 6.07. The third-order valence-electron chi connectivity index (χ3n) is 1.15. The van der Waals surface area contributed by atoms with E-state index in [1.54, 1.807) is 0 Å². The molecule has 0 aromatic carbocycles. The van der Waals surface area contributed by atoms with Gasteiger partial charge in [-0.05, 0) is 0 Å². The minimum Gasteiger partial charge on any atom is -0.258 e. The van der Waals surface area contributed by atoms with Crippen LogP contribution in [0.15, 0.2) is 0 Å².